The van der Waals surface area contributed by atoms with Crippen LogP contribution in [0.4, 0.5) is 0 Å². The lowest BCUT2D eigenvalue weighted by Gasteiger charge is -2.05. The molecule has 1 aromatic carbocycles. The van der Waals surface area contributed by atoms with Crippen LogP contribution in [-0.4, -0.2) is 18.7 Å². The number of benzene rings is 1. The first-order chi connectivity index (χ1) is 14.3. The van der Waals surface area contributed by atoms with Gasteiger partial charge in [0, 0.05) is 6.42 Å². The van der Waals surface area contributed by atoms with Crippen molar-refractivity contribution in [2.45, 2.75) is 104 Å². The van der Waals surface area contributed by atoms with Gasteiger partial charge >= 0.3 is 0 Å². The highest BCUT2D eigenvalue weighted by Crippen LogP contribution is 2.13. The van der Waals surface area contributed by atoms with Gasteiger partial charge in [0.1, 0.15) is 5.75 Å². The van der Waals surface area contributed by atoms with E-state index in [2.05, 4.69) is 24.4 Å². The first kappa shape index (κ1) is 25.2. The Hall–Kier alpha value is -1.84. The molecule has 0 fully saturated rings. The summed E-state index contributed by atoms with van der Waals surface area (Å²) in [6.07, 6.45) is 18.6. The number of ether oxygens (including phenoxy) is 1. The monoisotopic (exact) mass is 402 g/mol. The first-order valence-electron chi connectivity index (χ1n) is 11.8. The van der Waals surface area contributed by atoms with E-state index in [-0.39, 0.29) is 5.91 Å². The number of rotatable bonds is 18. The largest absolute Gasteiger partial charge is 0.494 e. The van der Waals surface area contributed by atoms with Gasteiger partial charge in [-0.2, -0.15) is 5.10 Å². The Morgan fingerprint density at radius 3 is 1.97 bits per heavy atom. The summed E-state index contributed by atoms with van der Waals surface area (Å²) in [6.45, 7) is 5.16. The van der Waals surface area contributed by atoms with E-state index < -0.39 is 0 Å². The second kappa shape index (κ2) is 18.2. The molecule has 0 aromatic heterocycles. The molecule has 1 aromatic rings. The smallest absolute Gasteiger partial charge is 0.240 e. The molecule has 0 bridgehead atoms. The molecule has 1 rings (SSSR count). The number of nitrogens with zero attached hydrogens (tertiary/aromatic N) is 1. The van der Waals surface area contributed by atoms with Crippen molar-refractivity contribution in [3.8, 4) is 5.75 Å². The fourth-order valence-electron chi connectivity index (χ4n) is 3.17. The first-order valence-corrected chi connectivity index (χ1v) is 11.8. The van der Waals surface area contributed by atoms with Crippen LogP contribution >= 0.6 is 0 Å². The molecule has 0 aliphatic carbocycles. The van der Waals surface area contributed by atoms with Crippen LogP contribution in [0.3, 0.4) is 0 Å². The molecule has 1 N–H and O–H groups in total. The third-order valence-corrected chi connectivity index (χ3v) is 5.06. The zero-order valence-electron chi connectivity index (χ0n) is 18.8. The molecule has 4 heteroatoms. The van der Waals surface area contributed by atoms with Crippen LogP contribution in [-0.2, 0) is 4.79 Å². The van der Waals surface area contributed by atoms with Gasteiger partial charge in [0.05, 0.1) is 12.8 Å². The van der Waals surface area contributed by atoms with Crippen LogP contribution in [0, 0.1) is 0 Å². The van der Waals surface area contributed by atoms with Crippen molar-refractivity contribution in [2.24, 2.45) is 5.10 Å². The molecule has 0 heterocycles. The number of hydrogen-bond acceptors (Lipinski definition) is 3. The number of amides is 1. The average molecular weight is 403 g/mol. The highest BCUT2D eigenvalue weighted by Gasteiger charge is 2.00. The zero-order valence-corrected chi connectivity index (χ0v) is 18.8. The third kappa shape index (κ3) is 14.8. The number of nitrogens with one attached hydrogen (secondary N) is 1. The summed E-state index contributed by atoms with van der Waals surface area (Å²) in [5, 5.41) is 4.05. The Labute approximate surface area is 178 Å². The molecule has 164 valence electrons. The predicted molar refractivity (Wildman–Crippen MR) is 124 cm³/mol. The van der Waals surface area contributed by atoms with Crippen molar-refractivity contribution in [3.63, 3.8) is 0 Å². The number of hydrogen-bond donors (Lipinski definition) is 1. The van der Waals surface area contributed by atoms with E-state index in [0.717, 1.165) is 43.6 Å². The standard InChI is InChI=1S/C25H42N2O2/c1-3-5-7-8-9-10-11-12-13-14-15-16-25(28)27-26-22-23-17-19-24(20-18-23)29-21-6-4-2/h17-20,22H,3-16,21H2,1-2H3,(H,27,28). The van der Waals surface area contributed by atoms with Gasteiger partial charge in [-0.1, -0.05) is 84.5 Å². The third-order valence-electron chi connectivity index (χ3n) is 5.06. The van der Waals surface area contributed by atoms with Crippen molar-refractivity contribution in [3.05, 3.63) is 29.8 Å². The highest BCUT2D eigenvalue weighted by atomic mass is 16.5. The summed E-state index contributed by atoms with van der Waals surface area (Å²) in [6, 6.07) is 7.76. The molecule has 1 amide bonds. The van der Waals surface area contributed by atoms with Gasteiger partial charge in [0.25, 0.3) is 0 Å². The van der Waals surface area contributed by atoms with E-state index in [1.807, 2.05) is 24.3 Å². The van der Waals surface area contributed by atoms with Crippen molar-refractivity contribution in [1.82, 2.24) is 5.43 Å². The van der Waals surface area contributed by atoms with Crippen LogP contribution in [0.5, 0.6) is 5.75 Å². The average Bonchev–Trinajstić information content (AvgIpc) is 2.73. The van der Waals surface area contributed by atoms with Crippen LogP contribution in [0.2, 0.25) is 0 Å². The fraction of sp³-hybridized carbons (Fsp3) is 0.680. The van der Waals surface area contributed by atoms with E-state index >= 15 is 0 Å². The van der Waals surface area contributed by atoms with Crippen LogP contribution in [0.25, 0.3) is 0 Å². The second-order valence-electron chi connectivity index (χ2n) is 7.85. The molecular formula is C25H42N2O2. The quantitative estimate of drug-likeness (QED) is 0.163. The minimum Gasteiger partial charge on any atom is -0.494 e. The maximum absolute atomic E-state index is 11.8. The van der Waals surface area contributed by atoms with Gasteiger partial charge in [0.15, 0.2) is 0 Å². The van der Waals surface area contributed by atoms with Crippen molar-refractivity contribution in [2.75, 3.05) is 6.61 Å². The van der Waals surface area contributed by atoms with E-state index in [1.54, 1.807) is 6.21 Å². The summed E-state index contributed by atoms with van der Waals surface area (Å²) in [4.78, 5) is 11.8. The molecule has 0 atom stereocenters. The lowest BCUT2D eigenvalue weighted by molar-refractivity contribution is -0.121. The highest BCUT2D eigenvalue weighted by molar-refractivity contribution is 5.82. The number of hydrazone groups is 1. The van der Waals surface area contributed by atoms with Gasteiger partial charge in [-0.25, -0.2) is 5.43 Å². The van der Waals surface area contributed by atoms with Crippen molar-refractivity contribution >= 4 is 12.1 Å². The van der Waals surface area contributed by atoms with E-state index in [9.17, 15) is 4.79 Å². The van der Waals surface area contributed by atoms with Gasteiger partial charge in [-0.05, 0) is 42.7 Å². The van der Waals surface area contributed by atoms with Gasteiger partial charge < -0.3 is 4.74 Å². The maximum atomic E-state index is 11.8. The van der Waals surface area contributed by atoms with Crippen molar-refractivity contribution in [1.29, 1.82) is 0 Å². The molecule has 0 aliphatic heterocycles. The summed E-state index contributed by atoms with van der Waals surface area (Å²) in [5.74, 6) is 0.868. The molecule has 0 unspecified atom stereocenters. The Morgan fingerprint density at radius 2 is 1.38 bits per heavy atom. The number of carbonyl (C=O) groups is 1. The Kier molecular flexibility index (Phi) is 15.8. The molecule has 29 heavy (non-hydrogen) atoms. The maximum Gasteiger partial charge on any atom is 0.240 e. The summed E-state index contributed by atoms with van der Waals surface area (Å²) in [5.41, 5.74) is 3.57. The molecular weight excluding hydrogens is 360 g/mol. The van der Waals surface area contributed by atoms with E-state index in [1.165, 1.54) is 57.8 Å². The Bertz CT molecular complexity index is 540. The molecule has 0 spiro atoms. The van der Waals surface area contributed by atoms with Crippen molar-refractivity contribution < 1.29 is 9.53 Å². The summed E-state index contributed by atoms with van der Waals surface area (Å²) in [7, 11) is 0. The molecule has 0 radical (unpaired) electrons. The van der Waals surface area contributed by atoms with E-state index in [0.29, 0.717) is 6.42 Å². The normalized spacial score (nSPS) is 11.1. The SMILES string of the molecule is CCCCCCCCCCCCCC(=O)NN=Cc1ccc(OCCCC)cc1. The molecule has 0 saturated carbocycles. The minimum absolute atomic E-state index is 0.00306. The topological polar surface area (TPSA) is 50.7 Å². The van der Waals surface area contributed by atoms with Gasteiger partial charge in [-0.15, -0.1) is 0 Å². The molecule has 0 saturated heterocycles. The minimum atomic E-state index is -0.00306. The number of unbranched alkanes of at least 4 members (excludes halogenated alkanes) is 11. The fourth-order valence-corrected chi connectivity index (χ4v) is 3.17. The summed E-state index contributed by atoms with van der Waals surface area (Å²) >= 11 is 0. The van der Waals surface area contributed by atoms with E-state index in [4.69, 9.17) is 4.74 Å². The van der Waals surface area contributed by atoms with Crippen LogP contribution in [0.15, 0.2) is 29.4 Å². The zero-order chi connectivity index (χ0) is 21.0. The Morgan fingerprint density at radius 1 is 0.828 bits per heavy atom. The molecule has 4 nitrogen and oxygen atoms in total. The lowest BCUT2D eigenvalue weighted by atomic mass is 10.1. The summed E-state index contributed by atoms with van der Waals surface area (Å²) < 4.78 is 5.64. The van der Waals surface area contributed by atoms with Gasteiger partial charge in [-0.3, -0.25) is 4.79 Å². The van der Waals surface area contributed by atoms with Gasteiger partial charge in [0.2, 0.25) is 5.91 Å². The lowest BCUT2D eigenvalue weighted by Crippen LogP contribution is -2.16. The number of carbonyl (C=O) groups excluding carboxylic acids is 1. The molecule has 0 aliphatic rings. The van der Waals surface area contributed by atoms with Crippen LogP contribution < -0.4 is 10.2 Å². The second-order valence-corrected chi connectivity index (χ2v) is 7.85. The van der Waals surface area contributed by atoms with Crippen LogP contribution in [0.1, 0.15) is 109 Å². The Balaban J connectivity index is 2.00. The predicted octanol–water partition coefficient (Wildman–Crippen LogP) is 7.02.